The zero-order valence-electron chi connectivity index (χ0n) is 22.5. The van der Waals surface area contributed by atoms with Crippen LogP contribution < -0.4 is 0 Å². The molecule has 0 aromatic rings. The van der Waals surface area contributed by atoms with Gasteiger partial charge in [0.1, 0.15) is 0 Å². The Morgan fingerprint density at radius 3 is 2.15 bits per heavy atom. The highest BCUT2D eigenvalue weighted by atomic mass is 16.3. The van der Waals surface area contributed by atoms with E-state index in [9.17, 15) is 15.3 Å². The van der Waals surface area contributed by atoms with Crippen LogP contribution in [0, 0.1) is 56.7 Å². The van der Waals surface area contributed by atoms with E-state index in [-0.39, 0.29) is 45.2 Å². The minimum Gasteiger partial charge on any atom is -0.393 e. The van der Waals surface area contributed by atoms with Gasteiger partial charge in [-0.3, -0.25) is 0 Å². The molecule has 3 nitrogen and oxygen atoms in total. The van der Waals surface area contributed by atoms with Crippen LogP contribution in [0.3, 0.4) is 0 Å². The Kier molecular flexibility index (Phi) is 5.23. The third-order valence-corrected chi connectivity index (χ3v) is 13.4. The number of allylic oxidation sites excluding steroid dienone is 1. The molecule has 4 fully saturated rings. The SMILES string of the molecule is C[C@H]1[C@H](C)[C@H]2C3=C[C@@H](O)[C@@H]4[C@@]5(C)CC[C@H](O)C(C)(C)[C@@H]5CC[C@@]4(C)[C@]3(C)CC[C@@]2(C)C[C@H]1O. The number of aliphatic hydroxyl groups is 3. The summed E-state index contributed by atoms with van der Waals surface area (Å²) in [7, 11) is 0. The van der Waals surface area contributed by atoms with Crippen molar-refractivity contribution in [1.29, 1.82) is 0 Å². The van der Waals surface area contributed by atoms with Gasteiger partial charge >= 0.3 is 0 Å². The number of aliphatic hydroxyl groups excluding tert-OH is 3. The predicted molar refractivity (Wildman–Crippen MR) is 133 cm³/mol. The second-order valence-electron chi connectivity index (χ2n) is 14.9. The molecule has 0 aliphatic heterocycles. The van der Waals surface area contributed by atoms with E-state index in [1.54, 1.807) is 0 Å². The number of fused-ring (bicyclic) bond motifs is 7. The lowest BCUT2D eigenvalue weighted by Crippen LogP contribution is -2.67. The summed E-state index contributed by atoms with van der Waals surface area (Å²) in [6.45, 7) is 19.0. The molecule has 0 saturated heterocycles. The average Bonchev–Trinajstić information content (AvgIpc) is 2.71. The highest BCUT2D eigenvalue weighted by Gasteiger charge is 2.70. The highest BCUT2D eigenvalue weighted by Crippen LogP contribution is 2.75. The second-order valence-corrected chi connectivity index (χ2v) is 14.9. The molecule has 0 heterocycles. The monoisotopic (exact) mass is 458 g/mol. The summed E-state index contributed by atoms with van der Waals surface area (Å²) in [6, 6.07) is 0. The van der Waals surface area contributed by atoms with Crippen molar-refractivity contribution in [2.24, 2.45) is 56.7 Å². The minimum atomic E-state index is -0.423. The molecular weight excluding hydrogens is 408 g/mol. The van der Waals surface area contributed by atoms with Crippen LogP contribution in [0.1, 0.15) is 100 Å². The van der Waals surface area contributed by atoms with E-state index >= 15 is 0 Å². The van der Waals surface area contributed by atoms with Gasteiger partial charge in [-0.05, 0) is 95.7 Å². The van der Waals surface area contributed by atoms with Crippen LogP contribution in [0.25, 0.3) is 0 Å². The highest BCUT2D eigenvalue weighted by molar-refractivity contribution is 5.36. The molecule has 5 aliphatic carbocycles. The van der Waals surface area contributed by atoms with Crippen molar-refractivity contribution < 1.29 is 15.3 Å². The molecule has 0 amide bonds. The van der Waals surface area contributed by atoms with E-state index in [2.05, 4.69) is 61.5 Å². The maximum absolute atomic E-state index is 12.0. The molecule has 0 unspecified atom stereocenters. The van der Waals surface area contributed by atoms with E-state index in [1.165, 1.54) is 12.0 Å². The molecule has 0 bridgehead atoms. The number of hydrogen-bond acceptors (Lipinski definition) is 3. The first-order valence-corrected chi connectivity index (χ1v) is 13.9. The van der Waals surface area contributed by atoms with E-state index in [4.69, 9.17) is 0 Å². The molecule has 5 rings (SSSR count). The van der Waals surface area contributed by atoms with Gasteiger partial charge in [-0.2, -0.15) is 0 Å². The van der Waals surface area contributed by atoms with Crippen molar-refractivity contribution in [2.75, 3.05) is 0 Å². The smallest absolute Gasteiger partial charge is 0.0762 e. The first kappa shape index (κ1) is 24.3. The Balaban J connectivity index is 1.63. The molecule has 4 saturated carbocycles. The summed E-state index contributed by atoms with van der Waals surface area (Å²) < 4.78 is 0. The Bertz CT molecular complexity index is 847. The Labute approximate surface area is 202 Å². The lowest BCUT2D eigenvalue weighted by molar-refractivity contribution is -0.226. The van der Waals surface area contributed by atoms with Crippen LogP contribution in [-0.2, 0) is 0 Å². The molecule has 5 aliphatic rings. The Hall–Kier alpha value is -0.380. The van der Waals surface area contributed by atoms with Gasteiger partial charge in [-0.25, -0.2) is 0 Å². The minimum absolute atomic E-state index is 0.0442. The summed E-state index contributed by atoms with van der Waals surface area (Å²) in [5, 5.41) is 33.7. The van der Waals surface area contributed by atoms with E-state index < -0.39 is 6.10 Å². The topological polar surface area (TPSA) is 60.7 Å². The van der Waals surface area contributed by atoms with Crippen LogP contribution in [0.4, 0.5) is 0 Å². The van der Waals surface area contributed by atoms with Gasteiger partial charge in [-0.1, -0.05) is 67.0 Å². The van der Waals surface area contributed by atoms with Gasteiger partial charge in [0, 0.05) is 5.92 Å². The molecule has 0 aromatic heterocycles. The number of rotatable bonds is 0. The molecule has 188 valence electrons. The quantitative estimate of drug-likeness (QED) is 0.392. The summed E-state index contributed by atoms with van der Waals surface area (Å²) in [5.41, 5.74) is 1.73. The van der Waals surface area contributed by atoms with Crippen molar-refractivity contribution in [3.8, 4) is 0 Å². The molecular formula is C30H50O3. The lowest BCUT2D eigenvalue weighted by atomic mass is 9.33. The summed E-state index contributed by atoms with van der Waals surface area (Å²) in [4.78, 5) is 0. The molecule has 12 atom stereocenters. The average molecular weight is 459 g/mol. The third kappa shape index (κ3) is 2.85. The van der Waals surface area contributed by atoms with Crippen LogP contribution >= 0.6 is 0 Å². The molecule has 0 spiro atoms. The summed E-state index contributed by atoms with van der Waals surface area (Å²) in [6.07, 6.45) is 8.80. The third-order valence-electron chi connectivity index (χ3n) is 13.4. The Morgan fingerprint density at radius 2 is 1.48 bits per heavy atom. The fraction of sp³-hybridized carbons (Fsp3) is 0.933. The molecule has 33 heavy (non-hydrogen) atoms. The summed E-state index contributed by atoms with van der Waals surface area (Å²) >= 11 is 0. The Morgan fingerprint density at radius 1 is 0.818 bits per heavy atom. The first-order chi connectivity index (χ1) is 15.1. The summed E-state index contributed by atoms with van der Waals surface area (Å²) in [5.74, 6) is 1.83. The van der Waals surface area contributed by atoms with Crippen molar-refractivity contribution in [1.82, 2.24) is 0 Å². The zero-order chi connectivity index (χ0) is 24.4. The second kappa shape index (κ2) is 7.10. The first-order valence-electron chi connectivity index (χ1n) is 13.9. The standard InChI is InChI=1S/C30H50O3/c1-17-18(2)24-19-15-20(31)25-28(6)11-10-23(33)26(3,4)22(28)9-12-30(25,8)29(19,7)14-13-27(24,5)16-21(17)32/h15,17-18,20-25,31-33H,9-14,16H2,1-8H3/t17-,18-,20+,21+,22-,23-,24-,25+,27-,28-,29+,30+/m0/s1. The molecule has 3 N–H and O–H groups in total. The van der Waals surface area contributed by atoms with Crippen LogP contribution in [-0.4, -0.2) is 33.6 Å². The van der Waals surface area contributed by atoms with Gasteiger partial charge in [0.25, 0.3) is 0 Å². The van der Waals surface area contributed by atoms with Crippen molar-refractivity contribution in [3.05, 3.63) is 11.6 Å². The largest absolute Gasteiger partial charge is 0.393 e. The van der Waals surface area contributed by atoms with Crippen molar-refractivity contribution in [2.45, 2.75) is 119 Å². The van der Waals surface area contributed by atoms with E-state index in [0.717, 1.165) is 38.5 Å². The fourth-order valence-electron chi connectivity index (χ4n) is 11.1. The zero-order valence-corrected chi connectivity index (χ0v) is 22.5. The normalized spacial score (nSPS) is 60.0. The van der Waals surface area contributed by atoms with Crippen molar-refractivity contribution in [3.63, 3.8) is 0 Å². The van der Waals surface area contributed by atoms with Crippen LogP contribution in [0.5, 0.6) is 0 Å². The van der Waals surface area contributed by atoms with Crippen molar-refractivity contribution >= 4 is 0 Å². The van der Waals surface area contributed by atoms with E-state index in [1.807, 2.05) is 0 Å². The van der Waals surface area contributed by atoms with Gasteiger partial charge in [0.15, 0.2) is 0 Å². The maximum Gasteiger partial charge on any atom is 0.0762 e. The maximum atomic E-state index is 12.0. The number of hydrogen-bond donors (Lipinski definition) is 3. The van der Waals surface area contributed by atoms with Gasteiger partial charge < -0.3 is 15.3 Å². The predicted octanol–water partition coefficient (Wildman–Crippen LogP) is 5.97. The van der Waals surface area contributed by atoms with Gasteiger partial charge in [0.2, 0.25) is 0 Å². The molecule has 0 radical (unpaired) electrons. The molecule has 3 heteroatoms. The van der Waals surface area contributed by atoms with Gasteiger partial charge in [-0.15, -0.1) is 0 Å². The van der Waals surface area contributed by atoms with Crippen LogP contribution in [0.2, 0.25) is 0 Å². The molecule has 0 aromatic carbocycles. The fourth-order valence-corrected chi connectivity index (χ4v) is 11.1. The van der Waals surface area contributed by atoms with Crippen LogP contribution in [0.15, 0.2) is 11.6 Å². The van der Waals surface area contributed by atoms with E-state index in [0.29, 0.717) is 23.7 Å². The lowest BCUT2D eigenvalue weighted by Gasteiger charge is -2.72. The van der Waals surface area contributed by atoms with Gasteiger partial charge in [0.05, 0.1) is 18.3 Å².